The van der Waals surface area contributed by atoms with Gasteiger partial charge >= 0.3 is 0 Å². The lowest BCUT2D eigenvalue weighted by molar-refractivity contribution is -0.132. The molecule has 0 radical (unpaired) electrons. The lowest BCUT2D eigenvalue weighted by atomic mass is 9.99. The van der Waals surface area contributed by atoms with E-state index in [1.807, 2.05) is 11.9 Å². The summed E-state index contributed by atoms with van der Waals surface area (Å²) >= 11 is 0. The Morgan fingerprint density at radius 1 is 1.35 bits per heavy atom. The van der Waals surface area contributed by atoms with Crippen molar-refractivity contribution in [2.24, 2.45) is 5.73 Å². The third-order valence-electron chi connectivity index (χ3n) is 4.08. The quantitative estimate of drug-likeness (QED) is 0.772. The molecule has 0 aromatic carbocycles. The predicted octanol–water partition coefficient (Wildman–Crippen LogP) is 0.811. The van der Waals surface area contributed by atoms with Gasteiger partial charge in [0.2, 0.25) is 5.91 Å². The van der Waals surface area contributed by atoms with E-state index in [4.69, 9.17) is 5.73 Å². The maximum absolute atomic E-state index is 12.1. The van der Waals surface area contributed by atoms with Crippen molar-refractivity contribution in [3.63, 3.8) is 0 Å². The molecule has 0 spiro atoms. The zero-order valence-electron chi connectivity index (χ0n) is 10.9. The van der Waals surface area contributed by atoms with Crippen LogP contribution in [0.3, 0.4) is 0 Å². The highest BCUT2D eigenvalue weighted by molar-refractivity contribution is 5.78. The summed E-state index contributed by atoms with van der Waals surface area (Å²) in [5, 5.41) is 0. The van der Waals surface area contributed by atoms with E-state index in [1.54, 1.807) is 0 Å². The molecule has 4 nitrogen and oxygen atoms in total. The Kier molecular flexibility index (Phi) is 4.40. The van der Waals surface area contributed by atoms with Gasteiger partial charge in [0.25, 0.3) is 0 Å². The standard InChI is InChI=1S/C13H25N3O/c1-15(11-5-6-11)13(17)10-16-9-3-2-4-12(16)7-8-14/h11-12H,2-10,14H2,1H3. The van der Waals surface area contributed by atoms with Crippen molar-refractivity contribution in [1.29, 1.82) is 0 Å². The Balaban J connectivity index is 1.83. The number of likely N-dealkylation sites (tertiary alicyclic amines) is 1. The highest BCUT2D eigenvalue weighted by Gasteiger charge is 2.31. The van der Waals surface area contributed by atoms with E-state index >= 15 is 0 Å². The van der Waals surface area contributed by atoms with Crippen molar-refractivity contribution < 1.29 is 4.79 Å². The Bertz CT molecular complexity index is 263. The van der Waals surface area contributed by atoms with Crippen molar-refractivity contribution >= 4 is 5.91 Å². The first-order valence-electron chi connectivity index (χ1n) is 6.92. The van der Waals surface area contributed by atoms with E-state index in [2.05, 4.69) is 4.90 Å². The molecule has 2 aliphatic rings. The first-order chi connectivity index (χ1) is 8.22. The molecular weight excluding hydrogens is 214 g/mol. The second-order valence-corrected chi connectivity index (χ2v) is 5.43. The number of carbonyl (C=O) groups is 1. The number of hydrogen-bond donors (Lipinski definition) is 1. The molecule has 1 saturated heterocycles. The van der Waals surface area contributed by atoms with E-state index in [9.17, 15) is 4.79 Å². The van der Waals surface area contributed by atoms with E-state index in [0.717, 1.165) is 19.5 Å². The first-order valence-corrected chi connectivity index (χ1v) is 6.92. The van der Waals surface area contributed by atoms with Gasteiger partial charge in [-0.25, -0.2) is 0 Å². The van der Waals surface area contributed by atoms with Gasteiger partial charge in [0, 0.05) is 19.1 Å². The van der Waals surface area contributed by atoms with Gasteiger partial charge in [0.1, 0.15) is 0 Å². The van der Waals surface area contributed by atoms with Crippen LogP contribution in [0.2, 0.25) is 0 Å². The molecule has 1 atom stereocenters. The van der Waals surface area contributed by atoms with Crippen molar-refractivity contribution in [2.45, 2.75) is 50.6 Å². The molecule has 1 unspecified atom stereocenters. The van der Waals surface area contributed by atoms with Gasteiger partial charge in [-0.3, -0.25) is 9.69 Å². The summed E-state index contributed by atoms with van der Waals surface area (Å²) < 4.78 is 0. The molecule has 0 aromatic rings. The Morgan fingerprint density at radius 2 is 2.12 bits per heavy atom. The minimum Gasteiger partial charge on any atom is -0.342 e. The lowest BCUT2D eigenvalue weighted by Gasteiger charge is -2.36. The van der Waals surface area contributed by atoms with Gasteiger partial charge in [-0.15, -0.1) is 0 Å². The van der Waals surface area contributed by atoms with Gasteiger partial charge in [-0.1, -0.05) is 6.42 Å². The number of likely N-dealkylation sites (N-methyl/N-ethyl adjacent to an activating group) is 1. The minimum atomic E-state index is 0.288. The van der Waals surface area contributed by atoms with Crippen LogP contribution in [-0.2, 0) is 4.79 Å². The SMILES string of the molecule is CN(C(=O)CN1CCCCC1CCN)C1CC1. The van der Waals surface area contributed by atoms with E-state index in [-0.39, 0.29) is 5.91 Å². The monoisotopic (exact) mass is 239 g/mol. The molecule has 2 N–H and O–H groups in total. The van der Waals surface area contributed by atoms with Gasteiger partial charge in [0.05, 0.1) is 6.54 Å². The van der Waals surface area contributed by atoms with Crippen LogP contribution in [0.15, 0.2) is 0 Å². The number of nitrogens with two attached hydrogens (primary N) is 1. The summed E-state index contributed by atoms with van der Waals surface area (Å²) in [6.45, 7) is 2.39. The van der Waals surface area contributed by atoms with Gasteiger partial charge in [-0.2, -0.15) is 0 Å². The van der Waals surface area contributed by atoms with Crippen LogP contribution in [0.25, 0.3) is 0 Å². The number of nitrogens with zero attached hydrogens (tertiary/aromatic N) is 2. The molecule has 4 heteroatoms. The highest BCUT2D eigenvalue weighted by atomic mass is 16.2. The van der Waals surface area contributed by atoms with Crippen LogP contribution < -0.4 is 5.73 Å². The third-order valence-corrected chi connectivity index (χ3v) is 4.08. The second kappa shape index (κ2) is 5.83. The maximum atomic E-state index is 12.1. The first kappa shape index (κ1) is 12.8. The Hall–Kier alpha value is -0.610. The van der Waals surface area contributed by atoms with Crippen molar-refractivity contribution in [3.8, 4) is 0 Å². The molecule has 0 bridgehead atoms. The van der Waals surface area contributed by atoms with Crippen molar-refractivity contribution in [1.82, 2.24) is 9.80 Å². The van der Waals surface area contributed by atoms with Gasteiger partial charge < -0.3 is 10.6 Å². The zero-order chi connectivity index (χ0) is 12.3. The molecule has 1 aliphatic carbocycles. The van der Waals surface area contributed by atoms with Crippen molar-refractivity contribution in [3.05, 3.63) is 0 Å². The van der Waals surface area contributed by atoms with Crippen LogP contribution >= 0.6 is 0 Å². The lowest BCUT2D eigenvalue weighted by Crippen LogP contribution is -2.47. The van der Waals surface area contributed by atoms with Crippen LogP contribution in [0, 0.1) is 0 Å². The Labute approximate surface area is 104 Å². The topological polar surface area (TPSA) is 49.6 Å². The number of hydrogen-bond acceptors (Lipinski definition) is 3. The summed E-state index contributed by atoms with van der Waals surface area (Å²) in [5.74, 6) is 0.288. The fraction of sp³-hybridized carbons (Fsp3) is 0.923. The average molecular weight is 239 g/mol. The normalized spacial score (nSPS) is 25.9. The minimum absolute atomic E-state index is 0.288. The molecule has 0 aromatic heterocycles. The molecule has 17 heavy (non-hydrogen) atoms. The van der Waals surface area contributed by atoms with E-state index in [0.29, 0.717) is 18.6 Å². The van der Waals surface area contributed by atoms with Gasteiger partial charge in [-0.05, 0) is 45.2 Å². The van der Waals surface area contributed by atoms with E-state index < -0.39 is 0 Å². The summed E-state index contributed by atoms with van der Waals surface area (Å²) in [7, 11) is 1.95. The Morgan fingerprint density at radius 3 is 2.76 bits per heavy atom. The average Bonchev–Trinajstić information content (AvgIpc) is 3.15. The molecule has 2 rings (SSSR count). The molecule has 2 fully saturated rings. The van der Waals surface area contributed by atoms with E-state index in [1.165, 1.54) is 32.1 Å². The van der Waals surface area contributed by atoms with Crippen molar-refractivity contribution in [2.75, 3.05) is 26.7 Å². The maximum Gasteiger partial charge on any atom is 0.236 e. The number of rotatable bonds is 5. The van der Waals surface area contributed by atoms with Crippen LogP contribution in [0.1, 0.15) is 38.5 Å². The largest absolute Gasteiger partial charge is 0.342 e. The predicted molar refractivity (Wildman–Crippen MR) is 68.7 cm³/mol. The molecule has 98 valence electrons. The highest BCUT2D eigenvalue weighted by Crippen LogP contribution is 2.26. The molecular formula is C13H25N3O. The molecule has 1 amide bonds. The molecule has 1 saturated carbocycles. The van der Waals surface area contributed by atoms with Crippen LogP contribution in [0.5, 0.6) is 0 Å². The zero-order valence-corrected chi connectivity index (χ0v) is 10.9. The number of amides is 1. The second-order valence-electron chi connectivity index (χ2n) is 5.43. The fourth-order valence-corrected chi connectivity index (χ4v) is 2.74. The number of carbonyl (C=O) groups excluding carboxylic acids is 1. The number of piperidine rings is 1. The summed E-state index contributed by atoms with van der Waals surface area (Å²) in [6, 6.07) is 1.06. The van der Waals surface area contributed by atoms with Crippen LogP contribution in [-0.4, -0.2) is 54.5 Å². The van der Waals surface area contributed by atoms with Crippen LogP contribution in [0.4, 0.5) is 0 Å². The molecule has 1 aliphatic heterocycles. The molecule has 1 heterocycles. The summed E-state index contributed by atoms with van der Waals surface area (Å²) in [4.78, 5) is 16.4. The smallest absolute Gasteiger partial charge is 0.236 e. The fourth-order valence-electron chi connectivity index (χ4n) is 2.74. The van der Waals surface area contributed by atoms with Gasteiger partial charge in [0.15, 0.2) is 0 Å². The summed E-state index contributed by atoms with van der Waals surface area (Å²) in [6.07, 6.45) is 7.12. The third kappa shape index (κ3) is 3.42. The summed E-state index contributed by atoms with van der Waals surface area (Å²) in [5.41, 5.74) is 5.65.